The van der Waals surface area contributed by atoms with E-state index in [1.54, 1.807) is 29.2 Å². The molecule has 4 heterocycles. The van der Waals surface area contributed by atoms with Gasteiger partial charge in [-0.15, -0.1) is 0 Å². The summed E-state index contributed by atoms with van der Waals surface area (Å²) in [5.74, 6) is -0.591. The molecular formula is C36H44ClFN8O3. The molecule has 2 atom stereocenters. The minimum absolute atomic E-state index is 0.149. The molecule has 13 heteroatoms. The van der Waals surface area contributed by atoms with Gasteiger partial charge in [-0.05, 0) is 64.1 Å². The number of likely N-dealkylation sites (N-methyl/N-ethyl adjacent to an activating group) is 1. The van der Waals surface area contributed by atoms with Crippen LogP contribution in [0, 0.1) is 5.82 Å². The molecule has 0 bridgehead atoms. The Morgan fingerprint density at radius 3 is 2.22 bits per heavy atom. The third-order valence-corrected chi connectivity index (χ3v) is 8.87. The summed E-state index contributed by atoms with van der Waals surface area (Å²) in [5, 5.41) is 0.685. The van der Waals surface area contributed by atoms with Gasteiger partial charge in [-0.1, -0.05) is 58.0 Å². The smallest absolute Gasteiger partial charge is 0.355 e. The molecule has 0 spiro atoms. The number of rotatable bonds is 10. The second-order valence-corrected chi connectivity index (χ2v) is 13.8. The number of piperazine rings is 1. The highest BCUT2D eigenvalue weighted by atomic mass is 35.5. The van der Waals surface area contributed by atoms with Gasteiger partial charge < -0.3 is 19.4 Å². The van der Waals surface area contributed by atoms with Crippen molar-refractivity contribution < 1.29 is 13.9 Å². The fourth-order valence-electron chi connectivity index (χ4n) is 6.31. The van der Waals surface area contributed by atoms with Crippen LogP contribution in [0.5, 0.6) is 6.01 Å². The van der Waals surface area contributed by atoms with Crippen LogP contribution in [0.4, 0.5) is 10.2 Å². The average molecular weight is 691 g/mol. The maximum Gasteiger partial charge on any atom is 0.355 e. The summed E-state index contributed by atoms with van der Waals surface area (Å²) in [7, 11) is 3.91. The summed E-state index contributed by atoms with van der Waals surface area (Å²) in [5.41, 5.74) is 1.63. The quantitative estimate of drug-likeness (QED) is 0.190. The Hall–Kier alpha value is -4.42. The van der Waals surface area contributed by atoms with Crippen molar-refractivity contribution >= 4 is 34.4 Å². The van der Waals surface area contributed by atoms with Gasteiger partial charge in [-0.3, -0.25) is 4.79 Å². The van der Waals surface area contributed by atoms with E-state index in [1.807, 2.05) is 65.4 Å². The van der Waals surface area contributed by atoms with Crippen molar-refractivity contribution in [1.82, 2.24) is 34.3 Å². The summed E-state index contributed by atoms with van der Waals surface area (Å²) >= 11 is 6.88. The zero-order valence-corrected chi connectivity index (χ0v) is 30.1. The van der Waals surface area contributed by atoms with E-state index in [9.17, 15) is 9.59 Å². The first-order valence-electron chi connectivity index (χ1n) is 16.5. The first-order valence-corrected chi connectivity index (χ1v) is 16.9. The molecule has 0 N–H and O–H groups in total. The number of anilines is 1. The molecule has 0 aliphatic carbocycles. The minimum Gasteiger partial charge on any atom is -0.462 e. The Kier molecular flexibility index (Phi) is 10.7. The molecule has 1 saturated heterocycles. The van der Waals surface area contributed by atoms with E-state index in [4.69, 9.17) is 31.3 Å². The molecule has 11 nitrogen and oxygen atoms in total. The monoisotopic (exact) mass is 690 g/mol. The lowest BCUT2D eigenvalue weighted by Gasteiger charge is -2.44. The number of hydrogen-bond acceptors (Lipinski definition) is 9. The van der Waals surface area contributed by atoms with Gasteiger partial charge in [0.2, 0.25) is 5.91 Å². The van der Waals surface area contributed by atoms with Crippen molar-refractivity contribution in [1.29, 1.82) is 0 Å². The number of carbonyl (C=O) groups is 1. The molecule has 0 saturated carbocycles. The van der Waals surface area contributed by atoms with Gasteiger partial charge >= 0.3 is 11.7 Å². The number of aromatic nitrogens is 5. The van der Waals surface area contributed by atoms with Crippen LogP contribution in [0.15, 0.2) is 47.8 Å². The van der Waals surface area contributed by atoms with Crippen molar-refractivity contribution in [3.05, 3.63) is 75.7 Å². The molecule has 49 heavy (non-hydrogen) atoms. The second-order valence-electron chi connectivity index (χ2n) is 13.4. The Labute approximate surface area is 291 Å². The number of carbonyl (C=O) groups excluding carboxylic acids is 1. The van der Waals surface area contributed by atoms with Gasteiger partial charge in [0.25, 0.3) is 0 Å². The molecule has 0 radical (unpaired) electrons. The Morgan fingerprint density at radius 1 is 1.06 bits per heavy atom. The standard InChI is InChI=1S/C36H44ClFN8O3/c1-10-28(47)45-22(6)18-44(19-23(45)7)33-25-17-26(37)31(24-13-11-12-14-27(24)38)39-34(25)46(36(48)42-33)32-29(20(2)3)40-35(41-30(32)21(4)5)49-16-15-43(8)9/h10-14,17,20-23H,1,15-16,18-19H2,2-9H3/t22-,23+. The largest absolute Gasteiger partial charge is 0.462 e. The second kappa shape index (κ2) is 14.6. The van der Waals surface area contributed by atoms with Crippen LogP contribution in [0.25, 0.3) is 28.0 Å². The van der Waals surface area contributed by atoms with E-state index in [2.05, 4.69) is 11.6 Å². The fraction of sp³-hybridized carbons (Fsp3) is 0.444. The van der Waals surface area contributed by atoms with Gasteiger partial charge in [0.05, 0.1) is 33.2 Å². The normalized spacial score (nSPS) is 16.7. The molecule has 3 aromatic heterocycles. The number of ether oxygens (including phenoxy) is 1. The molecule has 1 aliphatic rings. The van der Waals surface area contributed by atoms with Gasteiger partial charge in [-0.25, -0.2) is 18.7 Å². The van der Waals surface area contributed by atoms with Gasteiger partial charge in [0.1, 0.15) is 18.2 Å². The van der Waals surface area contributed by atoms with Crippen molar-refractivity contribution in [3.63, 3.8) is 0 Å². The first-order chi connectivity index (χ1) is 23.2. The lowest BCUT2D eigenvalue weighted by atomic mass is 10.0. The van der Waals surface area contributed by atoms with Crippen LogP contribution in [-0.2, 0) is 4.79 Å². The predicted molar refractivity (Wildman–Crippen MR) is 192 cm³/mol. The average Bonchev–Trinajstić information content (AvgIpc) is 3.03. The van der Waals surface area contributed by atoms with Crippen LogP contribution in [0.2, 0.25) is 5.02 Å². The highest BCUT2D eigenvalue weighted by Gasteiger charge is 2.34. The van der Waals surface area contributed by atoms with Crippen LogP contribution in [0.3, 0.4) is 0 Å². The molecule has 0 unspecified atom stereocenters. The molecule has 1 aromatic carbocycles. The van der Waals surface area contributed by atoms with Crippen molar-refractivity contribution in [2.75, 3.05) is 45.2 Å². The summed E-state index contributed by atoms with van der Waals surface area (Å²) < 4.78 is 22.6. The number of benzene rings is 1. The third-order valence-electron chi connectivity index (χ3n) is 8.58. The summed E-state index contributed by atoms with van der Waals surface area (Å²) in [6.45, 7) is 17.3. The van der Waals surface area contributed by atoms with Crippen molar-refractivity contribution in [2.45, 2.75) is 65.5 Å². The van der Waals surface area contributed by atoms with E-state index in [-0.39, 0.29) is 57.8 Å². The molecule has 1 amide bonds. The molecule has 260 valence electrons. The SMILES string of the molecule is C=CC(=O)N1[C@H](C)CN(c2nc(=O)n(-c3c(C(C)C)nc(OCCN(C)C)nc3C(C)C)c3nc(-c4ccccc4F)c(Cl)cc23)C[C@@H]1C. The lowest BCUT2D eigenvalue weighted by molar-refractivity contribution is -0.130. The number of amides is 1. The number of nitrogens with zero attached hydrogens (tertiary/aromatic N) is 8. The van der Waals surface area contributed by atoms with Gasteiger partial charge in [0.15, 0.2) is 5.65 Å². The van der Waals surface area contributed by atoms with E-state index in [0.29, 0.717) is 54.5 Å². The zero-order valence-electron chi connectivity index (χ0n) is 29.4. The summed E-state index contributed by atoms with van der Waals surface area (Å²) in [4.78, 5) is 52.1. The summed E-state index contributed by atoms with van der Waals surface area (Å²) in [6, 6.07) is 7.73. The van der Waals surface area contributed by atoms with Gasteiger partial charge in [-0.2, -0.15) is 15.0 Å². The molecule has 4 aromatic rings. The molecule has 1 aliphatic heterocycles. The third kappa shape index (κ3) is 7.16. The maximum absolute atomic E-state index is 15.2. The lowest BCUT2D eigenvalue weighted by Crippen LogP contribution is -2.58. The Balaban J connectivity index is 1.82. The Morgan fingerprint density at radius 2 is 1.67 bits per heavy atom. The van der Waals surface area contributed by atoms with E-state index < -0.39 is 11.5 Å². The zero-order chi connectivity index (χ0) is 35.7. The number of fused-ring (bicyclic) bond motifs is 1. The topological polar surface area (TPSA) is 110 Å². The number of hydrogen-bond donors (Lipinski definition) is 0. The molecule has 1 fully saturated rings. The van der Waals surface area contributed by atoms with E-state index in [0.717, 1.165) is 0 Å². The Bertz CT molecular complexity index is 1900. The highest BCUT2D eigenvalue weighted by molar-refractivity contribution is 6.33. The van der Waals surface area contributed by atoms with Gasteiger partial charge in [0, 0.05) is 37.3 Å². The van der Waals surface area contributed by atoms with Crippen molar-refractivity contribution in [2.24, 2.45) is 0 Å². The highest BCUT2D eigenvalue weighted by Crippen LogP contribution is 2.37. The maximum atomic E-state index is 15.2. The predicted octanol–water partition coefficient (Wildman–Crippen LogP) is 5.83. The molecule has 5 rings (SSSR count). The van der Waals surface area contributed by atoms with E-state index in [1.165, 1.54) is 16.7 Å². The van der Waals surface area contributed by atoms with Crippen LogP contribution in [-0.4, -0.2) is 92.6 Å². The van der Waals surface area contributed by atoms with Crippen LogP contribution >= 0.6 is 11.6 Å². The van der Waals surface area contributed by atoms with Crippen LogP contribution in [0.1, 0.15) is 64.8 Å². The minimum atomic E-state index is -0.601. The van der Waals surface area contributed by atoms with Crippen LogP contribution < -0.4 is 15.3 Å². The van der Waals surface area contributed by atoms with E-state index >= 15 is 4.39 Å². The number of halogens is 2. The summed E-state index contributed by atoms with van der Waals surface area (Å²) in [6.07, 6.45) is 1.31. The fourth-order valence-corrected chi connectivity index (χ4v) is 6.57. The van der Waals surface area contributed by atoms with Crippen molar-refractivity contribution in [3.8, 4) is 23.0 Å². The number of pyridine rings is 1. The molecular weight excluding hydrogens is 647 g/mol. The first kappa shape index (κ1) is 35.9.